The molecular formula is C11H14N4O3. The summed E-state index contributed by atoms with van der Waals surface area (Å²) in [7, 11) is 3.72. The minimum atomic E-state index is -0.452. The normalized spacial score (nSPS) is 10.8. The molecule has 0 aliphatic carbocycles. The highest BCUT2D eigenvalue weighted by Crippen LogP contribution is 2.24. The van der Waals surface area contributed by atoms with Crippen molar-refractivity contribution in [2.24, 2.45) is 0 Å². The molecule has 0 fully saturated rings. The highest BCUT2D eigenvalue weighted by molar-refractivity contribution is 5.77. The number of anilines is 1. The number of likely N-dealkylation sites (N-methyl/N-ethyl adjacent to an activating group) is 2. The Morgan fingerprint density at radius 2 is 2.33 bits per heavy atom. The number of nitro benzene ring substituents is 1. The third-order valence-corrected chi connectivity index (χ3v) is 2.60. The first-order valence-corrected chi connectivity index (χ1v) is 5.52. The van der Waals surface area contributed by atoms with Gasteiger partial charge in [-0.15, -0.1) is 0 Å². The number of hydrogen-bond donors (Lipinski definition) is 1. The minimum Gasteiger partial charge on any atom is -0.423 e. The highest BCUT2D eigenvalue weighted by atomic mass is 16.6. The first-order chi connectivity index (χ1) is 8.61. The Hall–Kier alpha value is -2.15. The Labute approximate surface area is 104 Å². The van der Waals surface area contributed by atoms with Crippen molar-refractivity contribution in [1.29, 1.82) is 0 Å². The maximum atomic E-state index is 10.7. The van der Waals surface area contributed by atoms with Crippen LogP contribution in [0.5, 0.6) is 0 Å². The van der Waals surface area contributed by atoms with Crippen molar-refractivity contribution < 1.29 is 9.34 Å². The number of oxazole rings is 1. The van der Waals surface area contributed by atoms with E-state index in [2.05, 4.69) is 10.3 Å². The molecule has 1 aromatic heterocycles. The lowest BCUT2D eigenvalue weighted by Crippen LogP contribution is -2.27. The monoisotopic (exact) mass is 250 g/mol. The van der Waals surface area contributed by atoms with Crippen molar-refractivity contribution in [2.75, 3.05) is 32.1 Å². The van der Waals surface area contributed by atoms with Gasteiger partial charge in [0.25, 0.3) is 11.7 Å². The Kier molecular flexibility index (Phi) is 3.42. The quantitative estimate of drug-likeness (QED) is 0.637. The number of nitrogens with one attached hydrogen (secondary N) is 1. The lowest BCUT2D eigenvalue weighted by molar-refractivity contribution is -0.384. The summed E-state index contributed by atoms with van der Waals surface area (Å²) < 4.78 is 5.50. The predicted octanol–water partition coefficient (Wildman–Crippen LogP) is 1.39. The maximum absolute atomic E-state index is 10.7. The molecule has 1 heterocycles. The van der Waals surface area contributed by atoms with Crippen molar-refractivity contribution >= 4 is 22.8 Å². The van der Waals surface area contributed by atoms with Crippen LogP contribution < -0.4 is 10.2 Å². The Morgan fingerprint density at radius 1 is 1.56 bits per heavy atom. The van der Waals surface area contributed by atoms with E-state index in [0.717, 1.165) is 13.1 Å². The van der Waals surface area contributed by atoms with Crippen LogP contribution in [0.25, 0.3) is 11.1 Å². The summed E-state index contributed by atoms with van der Waals surface area (Å²) >= 11 is 0. The van der Waals surface area contributed by atoms with E-state index >= 15 is 0 Å². The van der Waals surface area contributed by atoms with E-state index in [1.165, 1.54) is 12.1 Å². The molecule has 2 aromatic rings. The van der Waals surface area contributed by atoms with Gasteiger partial charge in [-0.1, -0.05) is 0 Å². The molecule has 2 rings (SSSR count). The van der Waals surface area contributed by atoms with Crippen LogP contribution in [0.15, 0.2) is 22.6 Å². The van der Waals surface area contributed by atoms with Crippen LogP contribution in [0.1, 0.15) is 0 Å². The van der Waals surface area contributed by atoms with Gasteiger partial charge in [0.15, 0.2) is 5.58 Å². The van der Waals surface area contributed by atoms with E-state index in [0.29, 0.717) is 17.1 Å². The standard InChI is InChI=1S/C11H14N4O3/c1-12-5-6-14(2)11-13-9-4-3-8(15(16)17)7-10(9)18-11/h3-4,7,12H,5-6H2,1-2H3. The fraction of sp³-hybridized carbons (Fsp3) is 0.364. The second-order valence-corrected chi connectivity index (χ2v) is 3.93. The Balaban J connectivity index is 2.29. The molecule has 0 saturated heterocycles. The smallest absolute Gasteiger partial charge is 0.298 e. The summed E-state index contributed by atoms with van der Waals surface area (Å²) in [6.45, 7) is 1.54. The molecule has 7 nitrogen and oxygen atoms in total. The number of hydrogen-bond acceptors (Lipinski definition) is 6. The van der Waals surface area contributed by atoms with E-state index in [1.807, 2.05) is 19.0 Å². The Morgan fingerprint density at radius 3 is 3.00 bits per heavy atom. The highest BCUT2D eigenvalue weighted by Gasteiger charge is 2.13. The molecule has 0 amide bonds. The number of non-ortho nitro benzene ring substituents is 1. The van der Waals surface area contributed by atoms with Gasteiger partial charge in [-0.25, -0.2) is 0 Å². The maximum Gasteiger partial charge on any atom is 0.298 e. The Bertz CT molecular complexity index is 566. The molecule has 96 valence electrons. The van der Waals surface area contributed by atoms with Gasteiger partial charge in [0.2, 0.25) is 0 Å². The van der Waals surface area contributed by atoms with Crippen molar-refractivity contribution in [2.45, 2.75) is 0 Å². The summed E-state index contributed by atoms with van der Waals surface area (Å²) in [4.78, 5) is 16.3. The van der Waals surface area contributed by atoms with E-state index in [1.54, 1.807) is 6.07 Å². The first-order valence-electron chi connectivity index (χ1n) is 5.52. The van der Waals surface area contributed by atoms with Crippen LogP contribution in [0, 0.1) is 10.1 Å². The number of benzene rings is 1. The van der Waals surface area contributed by atoms with Crippen LogP contribution in [0.3, 0.4) is 0 Å². The van der Waals surface area contributed by atoms with Gasteiger partial charge in [0.05, 0.1) is 11.0 Å². The summed E-state index contributed by atoms with van der Waals surface area (Å²) in [6.07, 6.45) is 0. The fourth-order valence-corrected chi connectivity index (χ4v) is 1.55. The second-order valence-electron chi connectivity index (χ2n) is 3.93. The minimum absolute atomic E-state index is 0.00285. The van der Waals surface area contributed by atoms with E-state index in [-0.39, 0.29) is 5.69 Å². The lowest BCUT2D eigenvalue weighted by atomic mass is 10.3. The lowest BCUT2D eigenvalue weighted by Gasteiger charge is -2.13. The number of fused-ring (bicyclic) bond motifs is 1. The van der Waals surface area contributed by atoms with Crippen LogP contribution in [-0.4, -0.2) is 37.1 Å². The van der Waals surface area contributed by atoms with Crippen molar-refractivity contribution in [1.82, 2.24) is 10.3 Å². The number of rotatable bonds is 5. The molecule has 0 unspecified atom stereocenters. The topological polar surface area (TPSA) is 84.4 Å². The van der Waals surface area contributed by atoms with Crippen molar-refractivity contribution in [3.05, 3.63) is 28.3 Å². The SMILES string of the molecule is CNCCN(C)c1nc2ccc([N+](=O)[O-])cc2o1. The molecular weight excluding hydrogens is 236 g/mol. The van der Waals surface area contributed by atoms with Crippen LogP contribution in [0.4, 0.5) is 11.7 Å². The molecule has 1 N–H and O–H groups in total. The van der Waals surface area contributed by atoms with Crippen molar-refractivity contribution in [3.63, 3.8) is 0 Å². The summed E-state index contributed by atoms with van der Waals surface area (Å²) in [5, 5.41) is 13.7. The van der Waals surface area contributed by atoms with Gasteiger partial charge in [-0.2, -0.15) is 4.98 Å². The first kappa shape index (κ1) is 12.3. The van der Waals surface area contributed by atoms with Crippen LogP contribution >= 0.6 is 0 Å². The zero-order chi connectivity index (χ0) is 13.1. The van der Waals surface area contributed by atoms with Gasteiger partial charge in [-0.3, -0.25) is 10.1 Å². The van der Waals surface area contributed by atoms with E-state index in [4.69, 9.17) is 4.42 Å². The van der Waals surface area contributed by atoms with Gasteiger partial charge < -0.3 is 14.6 Å². The molecule has 18 heavy (non-hydrogen) atoms. The average Bonchev–Trinajstić information content (AvgIpc) is 2.78. The summed E-state index contributed by atoms with van der Waals surface area (Å²) in [5.74, 6) is 0. The van der Waals surface area contributed by atoms with Gasteiger partial charge in [0.1, 0.15) is 5.52 Å². The molecule has 0 radical (unpaired) electrons. The van der Waals surface area contributed by atoms with Crippen LogP contribution in [-0.2, 0) is 0 Å². The number of nitrogens with zero attached hydrogens (tertiary/aromatic N) is 3. The largest absolute Gasteiger partial charge is 0.423 e. The number of nitro groups is 1. The molecule has 0 aliphatic rings. The predicted molar refractivity (Wildman–Crippen MR) is 67.9 cm³/mol. The van der Waals surface area contributed by atoms with Gasteiger partial charge >= 0.3 is 0 Å². The number of aromatic nitrogens is 1. The third-order valence-electron chi connectivity index (χ3n) is 2.60. The van der Waals surface area contributed by atoms with E-state index in [9.17, 15) is 10.1 Å². The molecule has 0 aliphatic heterocycles. The van der Waals surface area contributed by atoms with Gasteiger partial charge in [0, 0.05) is 26.2 Å². The molecule has 0 saturated carbocycles. The summed E-state index contributed by atoms with van der Waals surface area (Å²) in [6, 6.07) is 4.85. The summed E-state index contributed by atoms with van der Waals surface area (Å²) in [5.41, 5.74) is 1.05. The molecule has 0 bridgehead atoms. The average molecular weight is 250 g/mol. The zero-order valence-corrected chi connectivity index (χ0v) is 10.2. The van der Waals surface area contributed by atoms with E-state index < -0.39 is 4.92 Å². The zero-order valence-electron chi connectivity index (χ0n) is 10.2. The van der Waals surface area contributed by atoms with Crippen molar-refractivity contribution in [3.8, 4) is 0 Å². The second kappa shape index (κ2) is 5.01. The molecule has 1 aromatic carbocycles. The van der Waals surface area contributed by atoms with Crippen LogP contribution in [0.2, 0.25) is 0 Å². The fourth-order valence-electron chi connectivity index (χ4n) is 1.55. The molecule has 0 atom stereocenters. The van der Waals surface area contributed by atoms with Gasteiger partial charge in [-0.05, 0) is 13.1 Å². The third kappa shape index (κ3) is 2.40. The molecule has 0 spiro atoms. The molecule has 7 heteroatoms.